The lowest BCUT2D eigenvalue weighted by molar-refractivity contribution is -0.117. The summed E-state index contributed by atoms with van der Waals surface area (Å²) < 4.78 is 25.6. The van der Waals surface area contributed by atoms with Gasteiger partial charge >= 0.3 is 0 Å². The second kappa shape index (κ2) is 16.4. The molecule has 0 aliphatic rings. The van der Waals surface area contributed by atoms with Crippen LogP contribution in [0.1, 0.15) is 90.9 Å². The van der Waals surface area contributed by atoms with Crippen LogP contribution in [-0.4, -0.2) is 20.2 Å². The van der Waals surface area contributed by atoms with Gasteiger partial charge in [0.15, 0.2) is 0 Å². The smallest absolute Gasteiger partial charge is 0.234 e. The minimum atomic E-state index is -3.62. The summed E-state index contributed by atoms with van der Waals surface area (Å²) in [5, 5.41) is 5.70. The molecule has 0 saturated carbocycles. The summed E-state index contributed by atoms with van der Waals surface area (Å²) in [5.41, 5.74) is 1.24. The Morgan fingerprint density at radius 2 is 1.06 bits per heavy atom. The van der Waals surface area contributed by atoms with Crippen LogP contribution in [0.5, 0.6) is 0 Å². The Labute approximate surface area is 220 Å². The summed E-state index contributed by atoms with van der Waals surface area (Å²) in [5.74, 6) is -0.0802. The van der Waals surface area contributed by atoms with Crippen LogP contribution in [0.15, 0.2) is 58.3 Å². The zero-order chi connectivity index (χ0) is 26.2. The molecule has 0 fully saturated rings. The molecule has 0 aliphatic heterocycles. The molecule has 0 aliphatic carbocycles. The zero-order valence-corrected chi connectivity index (χ0v) is 23.2. The van der Waals surface area contributed by atoms with E-state index in [1.54, 1.807) is 36.4 Å². The third-order valence-corrected chi connectivity index (χ3v) is 9.13. The number of carbonyl (C=O) groups is 2. The molecular formula is C28H40N2O4S2. The van der Waals surface area contributed by atoms with Crippen LogP contribution in [0.25, 0.3) is 0 Å². The molecule has 2 aromatic rings. The first-order valence-corrected chi connectivity index (χ1v) is 15.9. The van der Waals surface area contributed by atoms with E-state index < -0.39 is 8.87 Å². The van der Waals surface area contributed by atoms with E-state index in [9.17, 15) is 18.0 Å². The van der Waals surface area contributed by atoms with E-state index in [0.29, 0.717) is 29.1 Å². The van der Waals surface area contributed by atoms with E-state index in [2.05, 4.69) is 24.5 Å². The Morgan fingerprint density at radius 1 is 0.639 bits per heavy atom. The number of rotatable bonds is 17. The lowest BCUT2D eigenvalue weighted by atomic mass is 10.1. The fourth-order valence-corrected chi connectivity index (χ4v) is 6.48. The Hall–Kier alpha value is -2.32. The van der Waals surface area contributed by atoms with Crippen molar-refractivity contribution in [2.75, 3.05) is 10.6 Å². The SMILES string of the molecule is CCCCCCCC(=O)Nc1ccc(SS(=O)(=O)c2ccc(NC(=O)CCCCCCC)cc2)cc1. The van der Waals surface area contributed by atoms with Crippen LogP contribution in [0.3, 0.4) is 0 Å². The van der Waals surface area contributed by atoms with Gasteiger partial charge in [-0.25, -0.2) is 8.42 Å². The van der Waals surface area contributed by atoms with Gasteiger partial charge in [-0.15, -0.1) is 0 Å². The zero-order valence-electron chi connectivity index (χ0n) is 21.6. The minimum absolute atomic E-state index is 0.0248. The standard InChI is InChI=1S/C28H40N2O4S2/c1-3-5-7-9-11-13-27(31)29-23-15-19-25(20-16-23)35-36(33,34)26-21-17-24(18-22-26)30-28(32)14-12-10-8-6-4-2/h15-22H,3-14H2,1-2H3,(H,29,31)(H,30,32). The molecule has 0 saturated heterocycles. The van der Waals surface area contributed by atoms with Crippen molar-refractivity contribution in [3.63, 3.8) is 0 Å². The second-order valence-corrected chi connectivity index (χ2v) is 12.8. The topological polar surface area (TPSA) is 92.3 Å². The van der Waals surface area contributed by atoms with Crippen molar-refractivity contribution >= 4 is 42.9 Å². The largest absolute Gasteiger partial charge is 0.326 e. The predicted molar refractivity (Wildman–Crippen MR) is 150 cm³/mol. The first-order chi connectivity index (χ1) is 17.3. The van der Waals surface area contributed by atoms with Crippen molar-refractivity contribution in [3.05, 3.63) is 48.5 Å². The number of unbranched alkanes of at least 4 members (excludes halogenated alkanes) is 8. The Kier molecular flexibility index (Phi) is 13.6. The van der Waals surface area contributed by atoms with Crippen LogP contribution in [0.2, 0.25) is 0 Å². The van der Waals surface area contributed by atoms with Gasteiger partial charge in [-0.05, 0) is 61.4 Å². The van der Waals surface area contributed by atoms with Crippen LogP contribution in [0.4, 0.5) is 11.4 Å². The van der Waals surface area contributed by atoms with Crippen molar-refractivity contribution in [2.24, 2.45) is 0 Å². The highest BCUT2D eigenvalue weighted by atomic mass is 33.1. The maximum absolute atomic E-state index is 12.8. The number of nitrogens with one attached hydrogen (secondary N) is 2. The van der Waals surface area contributed by atoms with Gasteiger partial charge in [0.25, 0.3) is 0 Å². The van der Waals surface area contributed by atoms with Gasteiger partial charge in [0.2, 0.25) is 20.7 Å². The van der Waals surface area contributed by atoms with E-state index in [4.69, 9.17) is 0 Å². The molecule has 2 rings (SSSR count). The predicted octanol–water partition coefficient (Wildman–Crippen LogP) is 7.77. The van der Waals surface area contributed by atoms with Crippen LogP contribution in [0, 0.1) is 0 Å². The van der Waals surface area contributed by atoms with Gasteiger partial charge in [-0.2, -0.15) is 0 Å². The van der Waals surface area contributed by atoms with Gasteiger partial charge in [-0.1, -0.05) is 65.2 Å². The monoisotopic (exact) mass is 532 g/mol. The van der Waals surface area contributed by atoms with E-state index >= 15 is 0 Å². The highest BCUT2D eigenvalue weighted by molar-refractivity contribution is 8.72. The molecule has 36 heavy (non-hydrogen) atoms. The van der Waals surface area contributed by atoms with Crippen LogP contribution < -0.4 is 10.6 Å². The molecule has 2 amide bonds. The average Bonchev–Trinajstić information content (AvgIpc) is 2.85. The Bertz CT molecular complexity index is 1040. The van der Waals surface area contributed by atoms with E-state index in [-0.39, 0.29) is 16.7 Å². The van der Waals surface area contributed by atoms with Crippen molar-refractivity contribution in [3.8, 4) is 0 Å². The summed E-state index contributed by atoms with van der Waals surface area (Å²) in [6.45, 7) is 4.32. The lowest BCUT2D eigenvalue weighted by Gasteiger charge is -2.09. The number of hydrogen-bond donors (Lipinski definition) is 2. The van der Waals surface area contributed by atoms with Crippen molar-refractivity contribution in [1.82, 2.24) is 0 Å². The Balaban J connectivity index is 1.82. The van der Waals surface area contributed by atoms with Crippen molar-refractivity contribution < 1.29 is 18.0 Å². The third kappa shape index (κ3) is 11.6. The Morgan fingerprint density at radius 3 is 1.50 bits per heavy atom. The highest BCUT2D eigenvalue weighted by Gasteiger charge is 2.17. The maximum atomic E-state index is 12.8. The first-order valence-electron chi connectivity index (χ1n) is 13.1. The van der Waals surface area contributed by atoms with Crippen LogP contribution >= 0.6 is 10.8 Å². The third-order valence-electron chi connectivity index (χ3n) is 5.79. The number of benzene rings is 2. The van der Waals surface area contributed by atoms with E-state index in [0.717, 1.165) is 49.3 Å². The quantitative estimate of drug-likeness (QED) is 0.160. The molecular weight excluding hydrogens is 492 g/mol. The highest BCUT2D eigenvalue weighted by Crippen LogP contribution is 2.32. The molecule has 198 valence electrons. The summed E-state index contributed by atoms with van der Waals surface area (Å²) in [4.78, 5) is 24.9. The van der Waals surface area contributed by atoms with Gasteiger partial charge < -0.3 is 10.6 Å². The molecule has 2 aromatic carbocycles. The molecule has 6 nitrogen and oxygen atoms in total. The molecule has 0 atom stereocenters. The molecule has 0 unspecified atom stereocenters. The molecule has 0 spiro atoms. The number of anilines is 2. The number of carbonyl (C=O) groups excluding carboxylic acids is 2. The fraction of sp³-hybridized carbons (Fsp3) is 0.500. The first kappa shape index (κ1) is 29.9. The summed E-state index contributed by atoms with van der Waals surface area (Å²) in [6, 6.07) is 13.1. The summed E-state index contributed by atoms with van der Waals surface area (Å²) >= 11 is 0. The molecule has 0 bridgehead atoms. The van der Waals surface area contributed by atoms with Crippen molar-refractivity contribution in [2.45, 2.75) is 101 Å². The van der Waals surface area contributed by atoms with E-state index in [1.807, 2.05) is 0 Å². The molecule has 0 radical (unpaired) electrons. The van der Waals surface area contributed by atoms with Gasteiger partial charge in [0.05, 0.1) is 4.90 Å². The van der Waals surface area contributed by atoms with Gasteiger partial charge in [0, 0.05) is 39.9 Å². The van der Waals surface area contributed by atoms with Gasteiger partial charge in [-0.3, -0.25) is 9.59 Å². The summed E-state index contributed by atoms with van der Waals surface area (Å²) in [6.07, 6.45) is 11.8. The molecule has 8 heteroatoms. The summed E-state index contributed by atoms with van der Waals surface area (Å²) in [7, 11) is -2.86. The minimum Gasteiger partial charge on any atom is -0.326 e. The molecule has 2 N–H and O–H groups in total. The van der Waals surface area contributed by atoms with Gasteiger partial charge in [0.1, 0.15) is 0 Å². The van der Waals surface area contributed by atoms with Crippen LogP contribution in [-0.2, 0) is 18.5 Å². The average molecular weight is 533 g/mol. The number of hydrogen-bond acceptors (Lipinski definition) is 5. The molecule has 0 heterocycles. The maximum Gasteiger partial charge on any atom is 0.234 e. The lowest BCUT2D eigenvalue weighted by Crippen LogP contribution is -2.11. The number of amides is 2. The van der Waals surface area contributed by atoms with E-state index in [1.165, 1.54) is 37.8 Å². The fourth-order valence-electron chi connectivity index (χ4n) is 3.70. The molecule has 0 aromatic heterocycles. The second-order valence-electron chi connectivity index (χ2n) is 9.01. The van der Waals surface area contributed by atoms with Crippen molar-refractivity contribution in [1.29, 1.82) is 0 Å². The normalized spacial score (nSPS) is 11.3.